The molecule has 0 aliphatic rings. The Labute approximate surface area is 137 Å². The van der Waals surface area contributed by atoms with Gasteiger partial charge in [-0.25, -0.2) is 4.98 Å². The lowest BCUT2D eigenvalue weighted by molar-refractivity contribution is 0.102. The fourth-order valence-electron chi connectivity index (χ4n) is 2.15. The van der Waals surface area contributed by atoms with E-state index >= 15 is 0 Å². The number of carbonyl (C=O) groups is 1. The van der Waals surface area contributed by atoms with Crippen LogP contribution in [0.25, 0.3) is 0 Å². The molecule has 0 radical (unpaired) electrons. The van der Waals surface area contributed by atoms with Crippen molar-refractivity contribution >= 4 is 11.7 Å². The number of benzene rings is 1. The minimum absolute atomic E-state index is 0.171. The summed E-state index contributed by atoms with van der Waals surface area (Å²) >= 11 is 0. The van der Waals surface area contributed by atoms with Crippen LogP contribution in [0, 0.1) is 6.92 Å². The molecule has 1 aromatic heterocycles. The SMILES string of the molecule is CCCCCCOc1ccc(C(=O)Nc2ccc(C)cn2)cc1. The van der Waals surface area contributed by atoms with E-state index in [0.717, 1.165) is 24.3 Å². The van der Waals surface area contributed by atoms with E-state index in [2.05, 4.69) is 17.2 Å². The lowest BCUT2D eigenvalue weighted by Gasteiger charge is -2.08. The van der Waals surface area contributed by atoms with E-state index in [1.54, 1.807) is 24.4 Å². The van der Waals surface area contributed by atoms with Crippen LogP contribution in [0.2, 0.25) is 0 Å². The van der Waals surface area contributed by atoms with Crippen molar-refractivity contribution in [2.75, 3.05) is 11.9 Å². The number of carbonyl (C=O) groups excluding carboxylic acids is 1. The van der Waals surface area contributed by atoms with Gasteiger partial charge in [0.2, 0.25) is 0 Å². The first-order valence-corrected chi connectivity index (χ1v) is 8.16. The van der Waals surface area contributed by atoms with Gasteiger partial charge in [0.25, 0.3) is 5.91 Å². The predicted octanol–water partition coefficient (Wildman–Crippen LogP) is 4.60. The number of ether oxygens (including phenoxy) is 1. The molecule has 4 nitrogen and oxygen atoms in total. The molecule has 1 aromatic carbocycles. The summed E-state index contributed by atoms with van der Waals surface area (Å²) in [4.78, 5) is 16.3. The minimum Gasteiger partial charge on any atom is -0.494 e. The average Bonchev–Trinajstić information content (AvgIpc) is 2.57. The van der Waals surface area contributed by atoms with Gasteiger partial charge in [-0.1, -0.05) is 32.3 Å². The molecule has 0 spiro atoms. The molecule has 2 rings (SSSR count). The molecule has 1 N–H and O–H groups in total. The molecule has 4 heteroatoms. The molecule has 0 saturated heterocycles. The number of rotatable bonds is 8. The van der Waals surface area contributed by atoms with Crippen molar-refractivity contribution in [3.8, 4) is 5.75 Å². The molecule has 0 bridgehead atoms. The molecule has 2 aromatic rings. The number of aromatic nitrogens is 1. The molecular weight excluding hydrogens is 288 g/mol. The van der Waals surface area contributed by atoms with Crippen LogP contribution in [0.1, 0.15) is 48.5 Å². The van der Waals surface area contributed by atoms with Crippen LogP contribution < -0.4 is 10.1 Å². The highest BCUT2D eigenvalue weighted by Gasteiger charge is 2.07. The Hall–Kier alpha value is -2.36. The van der Waals surface area contributed by atoms with Crippen LogP contribution in [0.3, 0.4) is 0 Å². The Kier molecular flexibility index (Phi) is 6.60. The highest BCUT2D eigenvalue weighted by atomic mass is 16.5. The largest absolute Gasteiger partial charge is 0.494 e. The molecule has 0 aliphatic carbocycles. The second kappa shape index (κ2) is 8.93. The number of nitrogens with one attached hydrogen (secondary N) is 1. The molecule has 23 heavy (non-hydrogen) atoms. The van der Waals surface area contributed by atoms with E-state index in [4.69, 9.17) is 4.74 Å². The third kappa shape index (κ3) is 5.74. The first kappa shape index (κ1) is 17.0. The standard InChI is InChI=1S/C19H24N2O2/c1-3-4-5-6-13-23-17-10-8-16(9-11-17)19(22)21-18-12-7-15(2)14-20-18/h7-12,14H,3-6,13H2,1-2H3,(H,20,21,22). The van der Waals surface area contributed by atoms with Crippen LogP contribution in [0.4, 0.5) is 5.82 Å². The number of pyridine rings is 1. The zero-order chi connectivity index (χ0) is 16.5. The van der Waals surface area contributed by atoms with Gasteiger partial charge in [0.15, 0.2) is 0 Å². The number of anilines is 1. The Bertz CT molecular complexity index is 606. The molecule has 0 saturated carbocycles. The number of hydrogen-bond acceptors (Lipinski definition) is 3. The molecule has 0 unspecified atom stereocenters. The average molecular weight is 312 g/mol. The number of unbranched alkanes of at least 4 members (excludes halogenated alkanes) is 3. The van der Waals surface area contributed by atoms with Crippen LogP contribution >= 0.6 is 0 Å². The maximum Gasteiger partial charge on any atom is 0.256 e. The monoisotopic (exact) mass is 312 g/mol. The first-order valence-electron chi connectivity index (χ1n) is 8.16. The molecular formula is C19H24N2O2. The van der Waals surface area contributed by atoms with E-state index in [1.165, 1.54) is 19.3 Å². The van der Waals surface area contributed by atoms with Gasteiger partial charge in [0, 0.05) is 11.8 Å². The molecule has 0 aliphatic heterocycles. The van der Waals surface area contributed by atoms with E-state index in [0.29, 0.717) is 11.4 Å². The van der Waals surface area contributed by atoms with Crippen molar-refractivity contribution in [1.82, 2.24) is 4.98 Å². The summed E-state index contributed by atoms with van der Waals surface area (Å²) in [5.41, 5.74) is 1.65. The highest BCUT2D eigenvalue weighted by molar-refractivity contribution is 6.03. The summed E-state index contributed by atoms with van der Waals surface area (Å²) in [6.45, 7) is 4.87. The summed E-state index contributed by atoms with van der Waals surface area (Å²) < 4.78 is 5.67. The van der Waals surface area contributed by atoms with E-state index in [9.17, 15) is 4.79 Å². The number of amides is 1. The number of aryl methyl sites for hydroxylation is 1. The van der Waals surface area contributed by atoms with Crippen molar-refractivity contribution in [1.29, 1.82) is 0 Å². The Balaban J connectivity index is 1.83. The smallest absolute Gasteiger partial charge is 0.256 e. The molecule has 0 fully saturated rings. The normalized spacial score (nSPS) is 10.3. The van der Waals surface area contributed by atoms with Gasteiger partial charge < -0.3 is 10.1 Å². The van der Waals surface area contributed by atoms with Gasteiger partial charge in [-0.15, -0.1) is 0 Å². The summed E-state index contributed by atoms with van der Waals surface area (Å²) in [7, 11) is 0. The molecule has 1 heterocycles. The Morgan fingerprint density at radius 3 is 2.52 bits per heavy atom. The Morgan fingerprint density at radius 1 is 1.09 bits per heavy atom. The maximum absolute atomic E-state index is 12.2. The zero-order valence-electron chi connectivity index (χ0n) is 13.8. The molecule has 1 amide bonds. The fourth-order valence-corrected chi connectivity index (χ4v) is 2.15. The molecule has 122 valence electrons. The van der Waals surface area contributed by atoms with Gasteiger partial charge in [0.1, 0.15) is 11.6 Å². The van der Waals surface area contributed by atoms with Crippen molar-refractivity contribution in [3.63, 3.8) is 0 Å². The fraction of sp³-hybridized carbons (Fsp3) is 0.368. The lowest BCUT2D eigenvalue weighted by Crippen LogP contribution is -2.12. The topological polar surface area (TPSA) is 51.2 Å². The quantitative estimate of drug-likeness (QED) is 0.725. The zero-order valence-corrected chi connectivity index (χ0v) is 13.8. The van der Waals surface area contributed by atoms with Crippen molar-refractivity contribution in [2.24, 2.45) is 0 Å². The predicted molar refractivity (Wildman–Crippen MR) is 93.0 cm³/mol. The molecule has 0 atom stereocenters. The summed E-state index contributed by atoms with van der Waals surface area (Å²) in [6.07, 6.45) is 6.45. The van der Waals surface area contributed by atoms with Crippen LogP contribution in [-0.2, 0) is 0 Å². The van der Waals surface area contributed by atoms with E-state index in [1.807, 2.05) is 25.1 Å². The highest BCUT2D eigenvalue weighted by Crippen LogP contribution is 2.14. The number of hydrogen-bond donors (Lipinski definition) is 1. The van der Waals surface area contributed by atoms with E-state index < -0.39 is 0 Å². The van der Waals surface area contributed by atoms with Crippen LogP contribution in [-0.4, -0.2) is 17.5 Å². The summed E-state index contributed by atoms with van der Waals surface area (Å²) in [5, 5.41) is 2.78. The summed E-state index contributed by atoms with van der Waals surface area (Å²) in [6, 6.07) is 10.9. The van der Waals surface area contributed by atoms with Crippen LogP contribution in [0.15, 0.2) is 42.6 Å². The van der Waals surface area contributed by atoms with Gasteiger partial charge >= 0.3 is 0 Å². The van der Waals surface area contributed by atoms with Gasteiger partial charge in [-0.2, -0.15) is 0 Å². The minimum atomic E-state index is -0.171. The number of nitrogens with zero attached hydrogens (tertiary/aromatic N) is 1. The van der Waals surface area contributed by atoms with Gasteiger partial charge in [0.05, 0.1) is 6.61 Å². The van der Waals surface area contributed by atoms with E-state index in [-0.39, 0.29) is 5.91 Å². The first-order chi connectivity index (χ1) is 11.2. The van der Waals surface area contributed by atoms with Crippen molar-refractivity contribution in [2.45, 2.75) is 39.5 Å². The second-order valence-electron chi connectivity index (χ2n) is 5.61. The third-order valence-electron chi connectivity index (χ3n) is 3.54. The van der Waals surface area contributed by atoms with Crippen molar-refractivity contribution < 1.29 is 9.53 Å². The van der Waals surface area contributed by atoms with Gasteiger partial charge in [-0.3, -0.25) is 4.79 Å². The van der Waals surface area contributed by atoms with Gasteiger partial charge in [-0.05, 0) is 49.2 Å². The van der Waals surface area contributed by atoms with Crippen molar-refractivity contribution in [3.05, 3.63) is 53.7 Å². The van der Waals surface area contributed by atoms with Crippen LogP contribution in [0.5, 0.6) is 5.75 Å². The summed E-state index contributed by atoms with van der Waals surface area (Å²) in [5.74, 6) is 1.18. The lowest BCUT2D eigenvalue weighted by atomic mass is 10.2. The third-order valence-corrected chi connectivity index (χ3v) is 3.54. The Morgan fingerprint density at radius 2 is 1.87 bits per heavy atom. The second-order valence-corrected chi connectivity index (χ2v) is 5.61. The maximum atomic E-state index is 12.2.